The van der Waals surface area contributed by atoms with Gasteiger partial charge in [-0.15, -0.1) is 0 Å². The maximum absolute atomic E-state index is 11.0. The lowest BCUT2D eigenvalue weighted by Crippen LogP contribution is -2.39. The van der Waals surface area contributed by atoms with Gasteiger partial charge >= 0.3 is 5.97 Å². The molecule has 0 fully saturated rings. The summed E-state index contributed by atoms with van der Waals surface area (Å²) in [5.41, 5.74) is 6.15. The van der Waals surface area contributed by atoms with Crippen LogP contribution in [0.4, 0.5) is 0 Å². The standard InChI is InChI=1S/C9H14N2O3/c1-6(12)11-4-2-7(3-5-11)8(10)9(13)14/h2,8H,3-5,10H2,1H3,(H,13,14). The van der Waals surface area contributed by atoms with Gasteiger partial charge in [-0.1, -0.05) is 6.08 Å². The third kappa shape index (κ3) is 2.32. The second kappa shape index (κ2) is 4.23. The Kier molecular flexibility index (Phi) is 3.24. The van der Waals surface area contributed by atoms with Gasteiger partial charge < -0.3 is 15.7 Å². The molecule has 1 rings (SSSR count). The van der Waals surface area contributed by atoms with Crippen LogP contribution in [0.3, 0.4) is 0 Å². The quantitative estimate of drug-likeness (QED) is 0.590. The number of amides is 1. The Morgan fingerprint density at radius 3 is 2.64 bits per heavy atom. The van der Waals surface area contributed by atoms with Crippen LogP contribution in [0.2, 0.25) is 0 Å². The maximum atomic E-state index is 11.0. The molecule has 0 saturated carbocycles. The number of hydrogen-bond acceptors (Lipinski definition) is 3. The molecule has 0 aromatic heterocycles. The smallest absolute Gasteiger partial charge is 0.324 e. The highest BCUT2D eigenvalue weighted by Crippen LogP contribution is 2.13. The van der Waals surface area contributed by atoms with Crippen LogP contribution in [0.5, 0.6) is 0 Å². The van der Waals surface area contributed by atoms with Gasteiger partial charge in [0.1, 0.15) is 6.04 Å². The summed E-state index contributed by atoms with van der Waals surface area (Å²) in [6.07, 6.45) is 2.27. The molecule has 1 aliphatic heterocycles. The van der Waals surface area contributed by atoms with Crippen LogP contribution in [0, 0.1) is 0 Å². The van der Waals surface area contributed by atoms with Crippen molar-refractivity contribution in [2.24, 2.45) is 5.73 Å². The minimum atomic E-state index is -1.02. The minimum absolute atomic E-state index is 0.00389. The number of nitrogens with two attached hydrogens (primary N) is 1. The molecule has 5 heteroatoms. The molecule has 0 aromatic rings. The van der Waals surface area contributed by atoms with E-state index in [1.165, 1.54) is 6.92 Å². The summed E-state index contributed by atoms with van der Waals surface area (Å²) in [5.74, 6) is -1.02. The van der Waals surface area contributed by atoms with Gasteiger partial charge in [-0.2, -0.15) is 0 Å². The van der Waals surface area contributed by atoms with E-state index in [2.05, 4.69) is 0 Å². The molecule has 0 spiro atoms. The fourth-order valence-corrected chi connectivity index (χ4v) is 1.41. The van der Waals surface area contributed by atoms with Crippen LogP contribution >= 0.6 is 0 Å². The highest BCUT2D eigenvalue weighted by molar-refractivity contribution is 5.78. The first-order chi connectivity index (χ1) is 6.52. The Morgan fingerprint density at radius 2 is 2.29 bits per heavy atom. The molecule has 1 amide bonds. The monoisotopic (exact) mass is 198 g/mol. The Hall–Kier alpha value is -1.36. The van der Waals surface area contributed by atoms with Gasteiger partial charge in [0.2, 0.25) is 5.91 Å². The molecule has 0 bridgehead atoms. The number of carboxylic acid groups (broad SMARTS) is 1. The molecule has 1 heterocycles. The van der Waals surface area contributed by atoms with E-state index in [1.54, 1.807) is 11.0 Å². The molecule has 1 unspecified atom stereocenters. The third-order valence-corrected chi connectivity index (χ3v) is 2.36. The van der Waals surface area contributed by atoms with Crippen LogP contribution in [0.15, 0.2) is 11.6 Å². The van der Waals surface area contributed by atoms with E-state index in [0.717, 1.165) is 0 Å². The largest absolute Gasteiger partial charge is 0.480 e. The average molecular weight is 198 g/mol. The lowest BCUT2D eigenvalue weighted by molar-refractivity contribution is -0.137. The summed E-state index contributed by atoms with van der Waals surface area (Å²) >= 11 is 0. The molecule has 1 atom stereocenters. The van der Waals surface area contributed by atoms with E-state index in [0.29, 0.717) is 25.1 Å². The van der Waals surface area contributed by atoms with Crippen LogP contribution in [-0.2, 0) is 9.59 Å². The SMILES string of the molecule is CC(=O)N1CC=C(C(N)C(=O)O)CC1. The summed E-state index contributed by atoms with van der Waals surface area (Å²) in [4.78, 5) is 23.2. The van der Waals surface area contributed by atoms with Crippen LogP contribution in [0.25, 0.3) is 0 Å². The van der Waals surface area contributed by atoms with E-state index in [1.807, 2.05) is 0 Å². The topological polar surface area (TPSA) is 83.6 Å². The maximum Gasteiger partial charge on any atom is 0.324 e. The number of carboxylic acids is 1. The van der Waals surface area contributed by atoms with Crippen molar-refractivity contribution in [1.82, 2.24) is 4.90 Å². The van der Waals surface area contributed by atoms with Gasteiger partial charge in [0.05, 0.1) is 0 Å². The molecule has 1 aliphatic rings. The average Bonchev–Trinajstić information content (AvgIpc) is 2.16. The van der Waals surface area contributed by atoms with Crippen LogP contribution < -0.4 is 5.73 Å². The van der Waals surface area contributed by atoms with Crippen molar-refractivity contribution < 1.29 is 14.7 Å². The molecule has 0 radical (unpaired) electrons. The zero-order valence-electron chi connectivity index (χ0n) is 8.06. The molecular formula is C9H14N2O3. The summed E-state index contributed by atoms with van der Waals surface area (Å²) in [6, 6.07) is -0.927. The molecule has 0 saturated heterocycles. The molecule has 5 nitrogen and oxygen atoms in total. The summed E-state index contributed by atoms with van der Waals surface area (Å²) in [5, 5.41) is 8.66. The fraction of sp³-hybridized carbons (Fsp3) is 0.556. The van der Waals surface area contributed by atoms with Crippen molar-refractivity contribution in [3.05, 3.63) is 11.6 Å². The van der Waals surface area contributed by atoms with Gasteiger partial charge in [0, 0.05) is 20.0 Å². The van der Waals surface area contributed by atoms with Gasteiger partial charge in [-0.05, 0) is 12.0 Å². The molecule has 78 valence electrons. The van der Waals surface area contributed by atoms with E-state index in [4.69, 9.17) is 10.8 Å². The third-order valence-electron chi connectivity index (χ3n) is 2.36. The lowest BCUT2D eigenvalue weighted by Gasteiger charge is -2.26. The van der Waals surface area contributed by atoms with Gasteiger partial charge in [0.15, 0.2) is 0 Å². The number of aliphatic carboxylic acids is 1. The fourth-order valence-electron chi connectivity index (χ4n) is 1.41. The second-order valence-corrected chi connectivity index (χ2v) is 3.31. The molecule has 0 aliphatic carbocycles. The molecule has 0 aromatic carbocycles. The first-order valence-corrected chi connectivity index (χ1v) is 4.45. The first kappa shape index (κ1) is 10.7. The number of hydrogen-bond donors (Lipinski definition) is 2. The highest BCUT2D eigenvalue weighted by Gasteiger charge is 2.21. The predicted molar refractivity (Wildman–Crippen MR) is 50.6 cm³/mol. The Labute approximate surface area is 82.2 Å². The van der Waals surface area contributed by atoms with Crippen molar-refractivity contribution in [2.45, 2.75) is 19.4 Å². The minimum Gasteiger partial charge on any atom is -0.480 e. The Bertz CT molecular complexity index is 286. The number of nitrogens with zero attached hydrogens (tertiary/aromatic N) is 1. The van der Waals surface area contributed by atoms with Crippen LogP contribution in [0.1, 0.15) is 13.3 Å². The second-order valence-electron chi connectivity index (χ2n) is 3.31. The van der Waals surface area contributed by atoms with Crippen molar-refractivity contribution in [1.29, 1.82) is 0 Å². The highest BCUT2D eigenvalue weighted by atomic mass is 16.4. The molecule has 14 heavy (non-hydrogen) atoms. The molecule has 3 N–H and O–H groups in total. The van der Waals surface area contributed by atoms with Gasteiger partial charge in [-0.25, -0.2) is 0 Å². The normalized spacial score (nSPS) is 18.7. The Balaban J connectivity index is 2.61. The zero-order chi connectivity index (χ0) is 10.7. The Morgan fingerprint density at radius 1 is 1.64 bits per heavy atom. The summed E-state index contributed by atoms with van der Waals surface area (Å²) < 4.78 is 0. The summed E-state index contributed by atoms with van der Waals surface area (Å²) in [6.45, 7) is 2.52. The van der Waals surface area contributed by atoms with E-state index < -0.39 is 12.0 Å². The van der Waals surface area contributed by atoms with Crippen molar-refractivity contribution in [3.63, 3.8) is 0 Å². The van der Waals surface area contributed by atoms with Crippen molar-refractivity contribution in [3.8, 4) is 0 Å². The first-order valence-electron chi connectivity index (χ1n) is 4.45. The van der Waals surface area contributed by atoms with E-state index in [9.17, 15) is 9.59 Å². The van der Waals surface area contributed by atoms with Gasteiger partial charge in [-0.3, -0.25) is 9.59 Å². The predicted octanol–water partition coefficient (Wildman–Crippen LogP) is -0.423. The van der Waals surface area contributed by atoms with E-state index in [-0.39, 0.29) is 5.91 Å². The van der Waals surface area contributed by atoms with E-state index >= 15 is 0 Å². The zero-order valence-corrected chi connectivity index (χ0v) is 8.06. The molecular weight excluding hydrogens is 184 g/mol. The van der Waals surface area contributed by atoms with Crippen molar-refractivity contribution in [2.75, 3.05) is 13.1 Å². The number of carbonyl (C=O) groups is 2. The number of carbonyl (C=O) groups excluding carboxylic acids is 1. The van der Waals surface area contributed by atoms with Crippen LogP contribution in [-0.4, -0.2) is 41.0 Å². The number of rotatable bonds is 2. The lowest BCUT2D eigenvalue weighted by atomic mass is 10.0. The van der Waals surface area contributed by atoms with Gasteiger partial charge in [0.25, 0.3) is 0 Å². The summed E-state index contributed by atoms with van der Waals surface area (Å²) in [7, 11) is 0. The van der Waals surface area contributed by atoms with Crippen molar-refractivity contribution >= 4 is 11.9 Å².